The summed E-state index contributed by atoms with van der Waals surface area (Å²) in [5.74, 6) is 0. The van der Waals surface area contributed by atoms with Gasteiger partial charge in [0.15, 0.2) is 0 Å². The summed E-state index contributed by atoms with van der Waals surface area (Å²) in [7, 11) is 0. The van der Waals surface area contributed by atoms with Gasteiger partial charge in [0.1, 0.15) is 0 Å². The van der Waals surface area contributed by atoms with Crippen LogP contribution in [0.1, 0.15) is 44.5 Å². The third kappa shape index (κ3) is 13.1. The number of rotatable bonds is 6. The van der Waals surface area contributed by atoms with Gasteiger partial charge in [-0.25, -0.2) is 0 Å². The molecule has 372 valence electrons. The molecule has 0 fully saturated rings. The molecule has 0 saturated carbocycles. The number of hydrogen-bond acceptors (Lipinski definition) is 0. The largest absolute Gasteiger partial charge is 0.0616 e. The molecule has 0 amide bonds. The van der Waals surface area contributed by atoms with E-state index in [4.69, 9.17) is 0 Å². The van der Waals surface area contributed by atoms with E-state index in [0.717, 1.165) is 0 Å². The quantitative estimate of drug-likeness (QED) is 0.146. The average Bonchev–Trinajstić information content (AvgIpc) is 3.47. The van der Waals surface area contributed by atoms with Crippen molar-refractivity contribution in [1.82, 2.24) is 0 Å². The zero-order valence-electron chi connectivity index (χ0n) is 45.4. The number of hydrogen-bond donors (Lipinski definition) is 0. The van der Waals surface area contributed by atoms with Crippen LogP contribution in [-0.4, -0.2) is 0 Å². The van der Waals surface area contributed by atoms with Crippen molar-refractivity contribution in [3.63, 3.8) is 0 Å². The van der Waals surface area contributed by atoms with Crippen molar-refractivity contribution in [2.24, 2.45) is 0 Å². The van der Waals surface area contributed by atoms with Gasteiger partial charge in [0.25, 0.3) is 0 Å². The summed E-state index contributed by atoms with van der Waals surface area (Å²) in [5, 5.41) is 5.50. The lowest BCUT2D eigenvalue weighted by Gasteiger charge is -2.11. The maximum absolute atomic E-state index is 2.21. The summed E-state index contributed by atoms with van der Waals surface area (Å²) in [4.78, 5) is 0. The molecule has 12 aromatic rings. The van der Waals surface area contributed by atoms with E-state index in [1.807, 2.05) is 0 Å². The molecule has 0 aliphatic carbocycles. The summed E-state index contributed by atoms with van der Waals surface area (Å²) >= 11 is 0. The highest BCUT2D eigenvalue weighted by Gasteiger charge is 2.08. The first-order valence-electron chi connectivity index (χ1n) is 26.5. The van der Waals surface area contributed by atoms with Gasteiger partial charge in [0.05, 0.1) is 0 Å². The van der Waals surface area contributed by atoms with Crippen LogP contribution in [0, 0.1) is 55.4 Å². The van der Waals surface area contributed by atoms with E-state index in [2.05, 4.69) is 322 Å². The molecule has 0 N–H and O–H groups in total. The third-order valence-electron chi connectivity index (χ3n) is 14.4. The molecule has 0 heterocycles. The van der Waals surface area contributed by atoms with Gasteiger partial charge < -0.3 is 0 Å². The van der Waals surface area contributed by atoms with E-state index in [0.29, 0.717) is 0 Å². The van der Waals surface area contributed by atoms with Gasteiger partial charge in [-0.05, 0) is 155 Å². The van der Waals surface area contributed by atoms with Crippen LogP contribution in [0.5, 0.6) is 0 Å². The van der Waals surface area contributed by atoms with Crippen molar-refractivity contribution in [1.29, 1.82) is 0 Å². The average molecular weight is 981 g/mol. The van der Waals surface area contributed by atoms with Gasteiger partial charge in [-0.2, -0.15) is 0 Å². The Balaban J connectivity index is 0.000000127. The van der Waals surface area contributed by atoms with E-state index in [9.17, 15) is 0 Å². The van der Waals surface area contributed by atoms with Gasteiger partial charge >= 0.3 is 0 Å². The number of aryl methyl sites for hydroxylation is 8. The fourth-order valence-corrected chi connectivity index (χ4v) is 9.61. The molecule has 12 rings (SSSR count). The highest BCUT2D eigenvalue weighted by Crippen LogP contribution is 2.32. The molecule has 12 aromatic carbocycles. The molecule has 76 heavy (non-hydrogen) atoms. The summed E-state index contributed by atoms with van der Waals surface area (Å²) < 4.78 is 0. The Morgan fingerprint density at radius 2 is 0.237 bits per heavy atom. The van der Waals surface area contributed by atoms with Gasteiger partial charge in [-0.15, -0.1) is 0 Å². The van der Waals surface area contributed by atoms with E-state index < -0.39 is 0 Å². The SMILES string of the molecule is Cc1c2ccccc2c(C)c2ccccc12.Cc1ccc(-c2ccc(-c3ccc(-c4ccc(C)cc4)cc3)cc2)cc1.Cc1ccc(-c2ccc(-c3ccc(C)cc3)cc2)cc1.Cc1ccc(-c2ccc(C)cc2)cc1. The van der Waals surface area contributed by atoms with Crippen LogP contribution in [-0.2, 0) is 0 Å². The molecule has 0 atom stereocenters. The molecule has 0 aromatic heterocycles. The lowest BCUT2D eigenvalue weighted by Crippen LogP contribution is -1.87. The molecular weight excluding hydrogens is 913 g/mol. The second-order valence-electron chi connectivity index (χ2n) is 20.3. The Morgan fingerprint density at radius 1 is 0.132 bits per heavy atom. The second kappa shape index (κ2) is 24.5. The van der Waals surface area contributed by atoms with Crippen LogP contribution in [0.3, 0.4) is 0 Å². The Bertz CT molecular complexity index is 3450. The van der Waals surface area contributed by atoms with Crippen LogP contribution in [0.25, 0.3) is 88.3 Å². The Kier molecular flexibility index (Phi) is 16.7. The highest BCUT2D eigenvalue weighted by molar-refractivity contribution is 6.05. The number of fused-ring (bicyclic) bond motifs is 2. The molecule has 0 nitrogen and oxygen atoms in total. The fourth-order valence-electron chi connectivity index (χ4n) is 9.61. The zero-order chi connectivity index (χ0) is 53.0. The fraction of sp³-hybridized carbons (Fsp3) is 0.105. The molecule has 0 aliphatic heterocycles. The molecule has 0 radical (unpaired) electrons. The van der Waals surface area contributed by atoms with E-state index >= 15 is 0 Å². The second-order valence-corrected chi connectivity index (χ2v) is 20.3. The zero-order valence-corrected chi connectivity index (χ0v) is 45.4. The summed E-state index contributed by atoms with van der Waals surface area (Å²) in [6, 6.07) is 95.7. The first kappa shape index (κ1) is 52.0. The minimum absolute atomic E-state index is 1.25. The normalized spacial score (nSPS) is 10.6. The van der Waals surface area contributed by atoms with Crippen molar-refractivity contribution >= 4 is 21.5 Å². The minimum atomic E-state index is 1.25. The van der Waals surface area contributed by atoms with Crippen LogP contribution in [0.2, 0.25) is 0 Å². The number of benzene rings is 12. The van der Waals surface area contributed by atoms with Crippen LogP contribution in [0.4, 0.5) is 0 Å². The summed E-state index contributed by atoms with van der Waals surface area (Å²) in [5.41, 5.74) is 25.7. The van der Waals surface area contributed by atoms with Crippen LogP contribution < -0.4 is 0 Å². The Hall–Kier alpha value is -8.84. The first-order valence-corrected chi connectivity index (χ1v) is 26.5. The maximum atomic E-state index is 2.21. The van der Waals surface area contributed by atoms with E-state index in [-0.39, 0.29) is 0 Å². The van der Waals surface area contributed by atoms with E-state index in [1.165, 1.54) is 133 Å². The van der Waals surface area contributed by atoms with Gasteiger partial charge in [-0.1, -0.05) is 300 Å². The third-order valence-corrected chi connectivity index (χ3v) is 14.4. The van der Waals surface area contributed by atoms with Crippen molar-refractivity contribution in [3.05, 3.63) is 311 Å². The lowest BCUT2D eigenvalue weighted by atomic mass is 9.93. The van der Waals surface area contributed by atoms with Crippen LogP contribution >= 0.6 is 0 Å². The topological polar surface area (TPSA) is 0 Å². The van der Waals surface area contributed by atoms with E-state index in [1.54, 1.807) is 0 Å². The maximum Gasteiger partial charge on any atom is -0.0146 e. The first-order chi connectivity index (χ1) is 36.9. The highest BCUT2D eigenvalue weighted by atomic mass is 14.1. The summed E-state index contributed by atoms with van der Waals surface area (Å²) in [6.45, 7) is 17.1. The lowest BCUT2D eigenvalue weighted by molar-refractivity contribution is 1.45. The molecular formula is C76H68. The molecule has 0 bridgehead atoms. The van der Waals surface area contributed by atoms with Crippen LogP contribution in [0.15, 0.2) is 267 Å². The van der Waals surface area contributed by atoms with Gasteiger partial charge in [0, 0.05) is 0 Å². The van der Waals surface area contributed by atoms with Crippen molar-refractivity contribution in [2.45, 2.75) is 55.4 Å². The smallest absolute Gasteiger partial charge is 0.0146 e. The Labute approximate surface area is 452 Å². The van der Waals surface area contributed by atoms with Crippen molar-refractivity contribution in [3.8, 4) is 66.8 Å². The van der Waals surface area contributed by atoms with Gasteiger partial charge in [0.2, 0.25) is 0 Å². The monoisotopic (exact) mass is 981 g/mol. The Morgan fingerprint density at radius 3 is 0.355 bits per heavy atom. The predicted octanol–water partition coefficient (Wildman–Crippen LogP) is 21.5. The molecule has 0 spiro atoms. The van der Waals surface area contributed by atoms with Crippen molar-refractivity contribution in [2.75, 3.05) is 0 Å². The minimum Gasteiger partial charge on any atom is -0.0616 e. The standard InChI is InChI=1S/C26H22.C20H18.C16H14.C14H14/c1-19-3-7-21(8-4-19)23-11-15-25(16-12-23)26-17-13-24(14-18-26)22-9-5-20(2)6-10-22;1-15-3-7-17(8-4-15)19-11-13-20(14-12-19)18-9-5-16(2)6-10-18;1-11-13-7-3-5-9-15(13)12(2)16-10-6-4-8-14(11)16;1-11-3-7-13(8-4-11)14-9-5-12(2)6-10-14/h3-18H,1-2H3;3-14H,1-2H3;3-10H,1-2H3;3-10H,1-2H3. The summed E-state index contributed by atoms with van der Waals surface area (Å²) in [6.07, 6.45) is 0. The van der Waals surface area contributed by atoms with Crippen molar-refractivity contribution < 1.29 is 0 Å². The predicted molar refractivity (Wildman–Crippen MR) is 331 cm³/mol. The molecule has 0 heteroatoms. The molecule has 0 aliphatic rings. The van der Waals surface area contributed by atoms with Gasteiger partial charge in [-0.3, -0.25) is 0 Å². The molecule has 0 saturated heterocycles. The molecule has 0 unspecified atom stereocenters.